The standard InChI is InChI=1S/C15H19NO/c1-3-14(15-8-5-9-17-15)16-11-13-7-4-6-12(2)10-13/h4-10,14,16H,3,11H2,1-2H3. The van der Waals surface area contributed by atoms with E-state index in [1.165, 1.54) is 11.1 Å². The number of hydrogen-bond donors (Lipinski definition) is 1. The molecule has 17 heavy (non-hydrogen) atoms. The third-order valence-electron chi connectivity index (χ3n) is 2.93. The highest BCUT2D eigenvalue weighted by Gasteiger charge is 2.10. The van der Waals surface area contributed by atoms with Crippen molar-refractivity contribution >= 4 is 0 Å². The van der Waals surface area contributed by atoms with E-state index in [4.69, 9.17) is 4.42 Å². The Morgan fingerprint density at radius 1 is 1.24 bits per heavy atom. The average Bonchev–Trinajstić information content (AvgIpc) is 2.84. The van der Waals surface area contributed by atoms with Gasteiger partial charge in [0.25, 0.3) is 0 Å². The molecule has 0 aliphatic carbocycles. The van der Waals surface area contributed by atoms with Crippen molar-refractivity contribution < 1.29 is 4.42 Å². The van der Waals surface area contributed by atoms with E-state index in [-0.39, 0.29) is 0 Å². The summed E-state index contributed by atoms with van der Waals surface area (Å²) in [6.45, 7) is 5.16. The Morgan fingerprint density at radius 2 is 2.12 bits per heavy atom. The molecule has 1 unspecified atom stereocenters. The highest BCUT2D eigenvalue weighted by atomic mass is 16.3. The van der Waals surface area contributed by atoms with Gasteiger partial charge in [-0.1, -0.05) is 36.8 Å². The van der Waals surface area contributed by atoms with E-state index in [1.54, 1.807) is 6.26 Å². The SMILES string of the molecule is CCC(NCc1cccc(C)c1)c1ccco1. The molecule has 0 saturated heterocycles. The van der Waals surface area contributed by atoms with E-state index in [9.17, 15) is 0 Å². The fourth-order valence-corrected chi connectivity index (χ4v) is 2.00. The van der Waals surface area contributed by atoms with Crippen molar-refractivity contribution in [2.24, 2.45) is 0 Å². The van der Waals surface area contributed by atoms with Crippen LogP contribution in [0.25, 0.3) is 0 Å². The van der Waals surface area contributed by atoms with E-state index in [2.05, 4.69) is 43.4 Å². The van der Waals surface area contributed by atoms with Gasteiger partial charge in [-0.05, 0) is 31.0 Å². The number of aryl methyl sites for hydroxylation is 1. The van der Waals surface area contributed by atoms with Crippen LogP contribution in [-0.4, -0.2) is 0 Å². The van der Waals surface area contributed by atoms with Crippen LogP contribution in [0.1, 0.15) is 36.3 Å². The van der Waals surface area contributed by atoms with Gasteiger partial charge in [0.15, 0.2) is 0 Å². The molecule has 0 aliphatic heterocycles. The second-order valence-corrected chi connectivity index (χ2v) is 4.35. The minimum atomic E-state index is 0.297. The molecule has 2 nitrogen and oxygen atoms in total. The van der Waals surface area contributed by atoms with Gasteiger partial charge in [-0.25, -0.2) is 0 Å². The van der Waals surface area contributed by atoms with Crippen molar-refractivity contribution in [2.75, 3.05) is 0 Å². The Kier molecular flexibility index (Phi) is 3.99. The van der Waals surface area contributed by atoms with Crippen molar-refractivity contribution in [1.82, 2.24) is 5.32 Å². The predicted molar refractivity (Wildman–Crippen MR) is 69.8 cm³/mol. The summed E-state index contributed by atoms with van der Waals surface area (Å²) in [6, 6.07) is 12.8. The van der Waals surface area contributed by atoms with E-state index >= 15 is 0 Å². The van der Waals surface area contributed by atoms with Crippen LogP contribution in [0.5, 0.6) is 0 Å². The van der Waals surface area contributed by atoms with Crippen LogP contribution in [0.4, 0.5) is 0 Å². The quantitative estimate of drug-likeness (QED) is 0.843. The lowest BCUT2D eigenvalue weighted by Gasteiger charge is -2.14. The Hall–Kier alpha value is -1.54. The monoisotopic (exact) mass is 229 g/mol. The van der Waals surface area contributed by atoms with Crippen molar-refractivity contribution in [3.8, 4) is 0 Å². The lowest BCUT2D eigenvalue weighted by atomic mass is 10.1. The second kappa shape index (κ2) is 5.69. The molecule has 0 aliphatic rings. The molecule has 2 rings (SSSR count). The molecule has 0 bridgehead atoms. The van der Waals surface area contributed by atoms with Crippen LogP contribution in [0, 0.1) is 6.92 Å². The highest BCUT2D eigenvalue weighted by molar-refractivity contribution is 5.22. The fourth-order valence-electron chi connectivity index (χ4n) is 2.00. The van der Waals surface area contributed by atoms with Crippen LogP contribution in [0.15, 0.2) is 47.1 Å². The van der Waals surface area contributed by atoms with Gasteiger partial charge in [0.2, 0.25) is 0 Å². The molecule has 1 atom stereocenters. The first-order valence-corrected chi connectivity index (χ1v) is 6.12. The molecular weight excluding hydrogens is 210 g/mol. The van der Waals surface area contributed by atoms with E-state index < -0.39 is 0 Å². The number of hydrogen-bond acceptors (Lipinski definition) is 2. The molecule has 0 spiro atoms. The summed E-state index contributed by atoms with van der Waals surface area (Å²) >= 11 is 0. The van der Waals surface area contributed by atoms with E-state index in [0.717, 1.165) is 18.7 Å². The first-order valence-electron chi connectivity index (χ1n) is 6.12. The minimum Gasteiger partial charge on any atom is -0.468 e. The van der Waals surface area contributed by atoms with Crippen LogP contribution < -0.4 is 5.32 Å². The predicted octanol–water partition coefficient (Wildman–Crippen LogP) is 3.83. The van der Waals surface area contributed by atoms with Crippen LogP contribution >= 0.6 is 0 Å². The lowest BCUT2D eigenvalue weighted by Crippen LogP contribution is -2.19. The van der Waals surface area contributed by atoms with Gasteiger partial charge >= 0.3 is 0 Å². The largest absolute Gasteiger partial charge is 0.468 e. The Labute approximate surface area is 103 Å². The zero-order chi connectivity index (χ0) is 12.1. The normalized spacial score (nSPS) is 12.6. The zero-order valence-corrected chi connectivity index (χ0v) is 10.4. The van der Waals surface area contributed by atoms with Gasteiger partial charge in [0.05, 0.1) is 12.3 Å². The van der Waals surface area contributed by atoms with Gasteiger partial charge in [-0.2, -0.15) is 0 Å². The Bertz CT molecular complexity index is 448. The minimum absolute atomic E-state index is 0.297. The molecule has 0 fully saturated rings. The van der Waals surface area contributed by atoms with Crippen molar-refractivity contribution in [2.45, 2.75) is 32.9 Å². The van der Waals surface area contributed by atoms with Gasteiger partial charge in [-0.3, -0.25) is 0 Å². The van der Waals surface area contributed by atoms with Crippen LogP contribution in [0.2, 0.25) is 0 Å². The smallest absolute Gasteiger partial charge is 0.120 e. The van der Waals surface area contributed by atoms with Crippen LogP contribution in [-0.2, 0) is 6.54 Å². The summed E-state index contributed by atoms with van der Waals surface area (Å²) < 4.78 is 5.44. The van der Waals surface area contributed by atoms with Crippen molar-refractivity contribution in [3.63, 3.8) is 0 Å². The van der Waals surface area contributed by atoms with Crippen LogP contribution in [0.3, 0.4) is 0 Å². The second-order valence-electron chi connectivity index (χ2n) is 4.35. The van der Waals surface area contributed by atoms with Gasteiger partial charge < -0.3 is 9.73 Å². The summed E-state index contributed by atoms with van der Waals surface area (Å²) in [5.41, 5.74) is 2.62. The number of furan rings is 1. The summed E-state index contributed by atoms with van der Waals surface area (Å²) in [7, 11) is 0. The summed E-state index contributed by atoms with van der Waals surface area (Å²) in [4.78, 5) is 0. The summed E-state index contributed by atoms with van der Waals surface area (Å²) in [6.07, 6.45) is 2.76. The topological polar surface area (TPSA) is 25.2 Å². The van der Waals surface area contributed by atoms with Crippen molar-refractivity contribution in [3.05, 3.63) is 59.5 Å². The van der Waals surface area contributed by atoms with E-state index in [0.29, 0.717) is 6.04 Å². The van der Waals surface area contributed by atoms with Crippen molar-refractivity contribution in [1.29, 1.82) is 0 Å². The molecule has 1 aromatic carbocycles. The number of benzene rings is 1. The Balaban J connectivity index is 1.97. The molecule has 1 aromatic heterocycles. The zero-order valence-electron chi connectivity index (χ0n) is 10.4. The third kappa shape index (κ3) is 3.21. The number of rotatable bonds is 5. The van der Waals surface area contributed by atoms with Gasteiger partial charge in [0, 0.05) is 6.54 Å². The lowest BCUT2D eigenvalue weighted by molar-refractivity contribution is 0.403. The molecule has 0 radical (unpaired) electrons. The maximum atomic E-state index is 5.44. The first kappa shape index (κ1) is 11.9. The molecular formula is C15H19NO. The average molecular weight is 229 g/mol. The maximum Gasteiger partial charge on any atom is 0.120 e. The molecule has 1 N–H and O–H groups in total. The summed E-state index contributed by atoms with van der Waals surface area (Å²) in [5.74, 6) is 1.01. The molecule has 0 amide bonds. The van der Waals surface area contributed by atoms with Gasteiger partial charge in [0.1, 0.15) is 5.76 Å². The first-order chi connectivity index (χ1) is 8.29. The third-order valence-corrected chi connectivity index (χ3v) is 2.93. The highest BCUT2D eigenvalue weighted by Crippen LogP contribution is 2.17. The molecule has 90 valence electrons. The number of nitrogens with one attached hydrogen (secondary N) is 1. The molecule has 2 heteroatoms. The molecule has 2 aromatic rings. The molecule has 0 saturated carbocycles. The van der Waals surface area contributed by atoms with Gasteiger partial charge in [-0.15, -0.1) is 0 Å². The fraction of sp³-hybridized carbons (Fsp3) is 0.333. The Morgan fingerprint density at radius 3 is 2.76 bits per heavy atom. The maximum absolute atomic E-state index is 5.44. The van der Waals surface area contributed by atoms with E-state index in [1.807, 2.05) is 12.1 Å². The molecule has 1 heterocycles. The summed E-state index contributed by atoms with van der Waals surface area (Å²) in [5, 5.41) is 3.52.